The SMILES string of the molecule is CC(C)(C)COC(=O)[C@@H]1CCCN(C(=O)[C@@H](N)CC(N)=S)N1. The first-order chi connectivity index (χ1) is 10.1. The molecule has 7 nitrogen and oxygen atoms in total. The Balaban J connectivity index is 2.55. The van der Waals surface area contributed by atoms with Crippen LogP contribution in [-0.4, -0.2) is 47.1 Å². The summed E-state index contributed by atoms with van der Waals surface area (Å²) < 4.78 is 5.29. The smallest absolute Gasteiger partial charge is 0.324 e. The standard InChI is InChI=1S/C14H26N4O3S/c1-14(2,3)8-21-13(20)10-5-4-6-18(17-10)12(19)9(15)7-11(16)22/h9-10,17H,4-8,15H2,1-3H3,(H2,16,22)/t9-,10-/m0/s1. The van der Waals surface area contributed by atoms with Gasteiger partial charge in [-0.25, -0.2) is 5.43 Å². The van der Waals surface area contributed by atoms with Crippen LogP contribution in [0.15, 0.2) is 0 Å². The van der Waals surface area contributed by atoms with E-state index in [0.717, 1.165) is 0 Å². The highest BCUT2D eigenvalue weighted by Gasteiger charge is 2.31. The van der Waals surface area contributed by atoms with E-state index in [-0.39, 0.29) is 28.7 Å². The van der Waals surface area contributed by atoms with E-state index in [4.69, 9.17) is 28.4 Å². The van der Waals surface area contributed by atoms with Crippen molar-refractivity contribution in [3.8, 4) is 0 Å². The maximum atomic E-state index is 12.2. The van der Waals surface area contributed by atoms with Gasteiger partial charge in [0, 0.05) is 13.0 Å². The van der Waals surface area contributed by atoms with Crippen LogP contribution in [0.1, 0.15) is 40.0 Å². The number of amides is 1. The van der Waals surface area contributed by atoms with Crippen LogP contribution in [0.2, 0.25) is 0 Å². The molecule has 22 heavy (non-hydrogen) atoms. The van der Waals surface area contributed by atoms with Crippen molar-refractivity contribution in [2.45, 2.75) is 52.1 Å². The molecule has 0 aliphatic carbocycles. The summed E-state index contributed by atoms with van der Waals surface area (Å²) in [4.78, 5) is 24.4. The number of esters is 1. The molecule has 0 unspecified atom stereocenters. The summed E-state index contributed by atoms with van der Waals surface area (Å²) in [5.41, 5.74) is 14.0. The van der Waals surface area contributed by atoms with Crippen molar-refractivity contribution in [2.75, 3.05) is 13.2 Å². The summed E-state index contributed by atoms with van der Waals surface area (Å²) in [7, 11) is 0. The zero-order valence-corrected chi connectivity index (χ0v) is 14.2. The lowest BCUT2D eigenvalue weighted by atomic mass is 9.98. The maximum Gasteiger partial charge on any atom is 0.324 e. The lowest BCUT2D eigenvalue weighted by Gasteiger charge is -2.34. The van der Waals surface area contributed by atoms with Gasteiger partial charge in [0.1, 0.15) is 6.04 Å². The molecule has 1 heterocycles. The molecule has 1 rings (SSSR count). The summed E-state index contributed by atoms with van der Waals surface area (Å²) >= 11 is 4.76. The first-order valence-electron chi connectivity index (χ1n) is 7.38. The fraction of sp³-hybridized carbons (Fsp3) is 0.786. The van der Waals surface area contributed by atoms with Gasteiger partial charge in [0.15, 0.2) is 0 Å². The number of hydrogen-bond donors (Lipinski definition) is 3. The quantitative estimate of drug-likeness (QED) is 0.483. The molecule has 8 heteroatoms. The Kier molecular flexibility index (Phi) is 6.70. The lowest BCUT2D eigenvalue weighted by molar-refractivity contribution is -0.154. The van der Waals surface area contributed by atoms with Gasteiger partial charge in [-0.2, -0.15) is 0 Å². The van der Waals surface area contributed by atoms with Gasteiger partial charge in [0.05, 0.1) is 17.6 Å². The van der Waals surface area contributed by atoms with E-state index in [0.29, 0.717) is 26.0 Å². The molecule has 1 saturated heterocycles. The van der Waals surface area contributed by atoms with Crippen LogP contribution >= 0.6 is 12.2 Å². The summed E-state index contributed by atoms with van der Waals surface area (Å²) in [5, 5.41) is 1.37. The van der Waals surface area contributed by atoms with Crippen molar-refractivity contribution >= 4 is 29.1 Å². The molecule has 0 saturated carbocycles. The predicted octanol–water partition coefficient (Wildman–Crippen LogP) is 0.0748. The minimum Gasteiger partial charge on any atom is -0.464 e. The molecule has 0 aromatic heterocycles. The summed E-state index contributed by atoms with van der Waals surface area (Å²) in [5.74, 6) is -0.670. The second-order valence-electron chi connectivity index (χ2n) is 6.76. The Labute approximate surface area is 136 Å². The molecule has 0 radical (unpaired) electrons. The van der Waals surface area contributed by atoms with E-state index in [1.54, 1.807) is 0 Å². The summed E-state index contributed by atoms with van der Waals surface area (Å²) in [6.07, 6.45) is 1.47. The molecule has 1 aliphatic heterocycles. The number of ether oxygens (including phenoxy) is 1. The Morgan fingerprint density at radius 2 is 2.09 bits per heavy atom. The topological polar surface area (TPSA) is 111 Å². The normalized spacial score (nSPS) is 20.4. The number of carbonyl (C=O) groups excluding carboxylic acids is 2. The van der Waals surface area contributed by atoms with Crippen molar-refractivity contribution in [3.63, 3.8) is 0 Å². The van der Waals surface area contributed by atoms with Crippen molar-refractivity contribution in [1.29, 1.82) is 0 Å². The zero-order chi connectivity index (χ0) is 16.9. The van der Waals surface area contributed by atoms with Crippen LogP contribution in [0.3, 0.4) is 0 Å². The van der Waals surface area contributed by atoms with Gasteiger partial charge in [-0.3, -0.25) is 14.6 Å². The first-order valence-corrected chi connectivity index (χ1v) is 7.79. The number of nitrogens with zero attached hydrogens (tertiary/aromatic N) is 1. The van der Waals surface area contributed by atoms with E-state index in [2.05, 4.69) is 5.43 Å². The van der Waals surface area contributed by atoms with E-state index in [1.807, 2.05) is 20.8 Å². The fourth-order valence-corrected chi connectivity index (χ4v) is 2.19. The van der Waals surface area contributed by atoms with E-state index >= 15 is 0 Å². The molecular weight excluding hydrogens is 304 g/mol. The summed E-state index contributed by atoms with van der Waals surface area (Å²) in [6.45, 7) is 6.78. The van der Waals surface area contributed by atoms with Crippen molar-refractivity contribution in [3.05, 3.63) is 0 Å². The van der Waals surface area contributed by atoms with Crippen LogP contribution in [0, 0.1) is 5.41 Å². The fourth-order valence-electron chi connectivity index (χ4n) is 2.01. The van der Waals surface area contributed by atoms with E-state index < -0.39 is 12.1 Å². The highest BCUT2D eigenvalue weighted by molar-refractivity contribution is 7.80. The molecule has 0 aromatic carbocycles. The Morgan fingerprint density at radius 3 is 2.64 bits per heavy atom. The van der Waals surface area contributed by atoms with Crippen LogP contribution in [0.25, 0.3) is 0 Å². The lowest BCUT2D eigenvalue weighted by Crippen LogP contribution is -2.59. The Bertz CT molecular complexity index is 436. The highest BCUT2D eigenvalue weighted by Crippen LogP contribution is 2.15. The van der Waals surface area contributed by atoms with Gasteiger partial charge < -0.3 is 16.2 Å². The van der Waals surface area contributed by atoms with E-state index in [9.17, 15) is 9.59 Å². The van der Waals surface area contributed by atoms with Crippen molar-refractivity contribution in [1.82, 2.24) is 10.4 Å². The first kappa shape index (κ1) is 18.8. The van der Waals surface area contributed by atoms with Gasteiger partial charge in [-0.15, -0.1) is 0 Å². The maximum absolute atomic E-state index is 12.2. The van der Waals surface area contributed by atoms with Crippen molar-refractivity contribution < 1.29 is 14.3 Å². The second kappa shape index (κ2) is 7.85. The van der Waals surface area contributed by atoms with Crippen LogP contribution in [0.5, 0.6) is 0 Å². The number of thiocarbonyl (C=S) groups is 1. The number of carbonyl (C=O) groups is 2. The highest BCUT2D eigenvalue weighted by atomic mass is 32.1. The van der Waals surface area contributed by atoms with E-state index in [1.165, 1.54) is 5.01 Å². The number of nitrogens with two attached hydrogens (primary N) is 2. The number of hydrogen-bond acceptors (Lipinski definition) is 6. The molecule has 0 aromatic rings. The Morgan fingerprint density at radius 1 is 1.45 bits per heavy atom. The molecule has 5 N–H and O–H groups in total. The molecule has 2 atom stereocenters. The average molecular weight is 330 g/mol. The number of nitrogens with one attached hydrogen (secondary N) is 1. The largest absolute Gasteiger partial charge is 0.464 e. The number of rotatable bonds is 5. The number of hydrazine groups is 1. The zero-order valence-electron chi connectivity index (χ0n) is 13.4. The second-order valence-corrected chi connectivity index (χ2v) is 7.28. The third kappa shape index (κ3) is 6.25. The van der Waals surface area contributed by atoms with Gasteiger partial charge in [0.25, 0.3) is 5.91 Å². The van der Waals surface area contributed by atoms with Crippen LogP contribution < -0.4 is 16.9 Å². The summed E-state index contributed by atoms with van der Waals surface area (Å²) in [6, 6.07) is -1.33. The molecular formula is C14H26N4O3S. The molecule has 0 bridgehead atoms. The van der Waals surface area contributed by atoms with Crippen LogP contribution in [-0.2, 0) is 14.3 Å². The third-order valence-electron chi connectivity index (χ3n) is 3.12. The minimum absolute atomic E-state index is 0.0982. The molecule has 0 spiro atoms. The monoisotopic (exact) mass is 330 g/mol. The van der Waals surface area contributed by atoms with Gasteiger partial charge in [0.2, 0.25) is 0 Å². The van der Waals surface area contributed by atoms with Gasteiger partial charge in [-0.1, -0.05) is 33.0 Å². The average Bonchev–Trinajstić information content (AvgIpc) is 2.42. The molecule has 1 fully saturated rings. The minimum atomic E-state index is -0.797. The molecule has 126 valence electrons. The van der Waals surface area contributed by atoms with Gasteiger partial charge >= 0.3 is 5.97 Å². The van der Waals surface area contributed by atoms with Crippen LogP contribution in [0.4, 0.5) is 0 Å². The molecule has 1 amide bonds. The van der Waals surface area contributed by atoms with Crippen molar-refractivity contribution in [2.24, 2.45) is 16.9 Å². The third-order valence-corrected chi connectivity index (χ3v) is 3.29. The Hall–Kier alpha value is -1.25. The molecule has 1 aliphatic rings. The van der Waals surface area contributed by atoms with Gasteiger partial charge in [-0.05, 0) is 18.3 Å². The predicted molar refractivity (Wildman–Crippen MR) is 87.7 cm³/mol.